The molecule has 216 valence electrons. The van der Waals surface area contributed by atoms with Crippen LogP contribution in [0.1, 0.15) is 27.4 Å². The molecule has 0 saturated heterocycles. The summed E-state index contributed by atoms with van der Waals surface area (Å²) in [5.41, 5.74) is -3.29. The fourth-order valence-electron chi connectivity index (χ4n) is 5.44. The summed E-state index contributed by atoms with van der Waals surface area (Å²) in [5, 5.41) is 1.28. The van der Waals surface area contributed by atoms with Gasteiger partial charge in [-0.25, -0.2) is 0 Å². The molecule has 0 atom stereocenters. The molecule has 0 aliphatic rings. The first kappa shape index (κ1) is 13.1. The van der Waals surface area contributed by atoms with Gasteiger partial charge in [0.25, 0.3) is 0 Å². The zero-order chi connectivity index (χ0) is 47.9. The Morgan fingerprint density at radius 2 is 1.11 bits per heavy atom. The van der Waals surface area contributed by atoms with E-state index in [9.17, 15) is 11.0 Å². The van der Waals surface area contributed by atoms with Crippen LogP contribution in [0.4, 0.5) is 17.1 Å². The Labute approximate surface area is 295 Å². The largest absolute Gasteiger partial charge is 0.455 e. The van der Waals surface area contributed by atoms with E-state index in [1.165, 1.54) is 12.1 Å². The van der Waals surface area contributed by atoms with E-state index in [1.54, 1.807) is 18.2 Å². The van der Waals surface area contributed by atoms with Gasteiger partial charge in [-0.05, 0) is 86.8 Å². The molecule has 1 heterocycles. The molecule has 2 nitrogen and oxygen atoms in total. The molecule has 1 aromatic heterocycles. The molecule has 0 bridgehead atoms. The Bertz CT molecular complexity index is 3590. The second-order valence-electron chi connectivity index (χ2n) is 10.2. The monoisotopic (exact) mass is 607 g/mol. The minimum atomic E-state index is -0.904. The molecule has 2 heteroatoms. The van der Waals surface area contributed by atoms with Gasteiger partial charge in [-0.3, -0.25) is 0 Å². The zero-order valence-corrected chi connectivity index (χ0v) is 23.6. The number of hydrogen-bond donors (Lipinski definition) is 0. The van der Waals surface area contributed by atoms with Gasteiger partial charge in [-0.15, -0.1) is 0 Å². The summed E-state index contributed by atoms with van der Waals surface area (Å²) in [5.74, 6) is 0. The topological polar surface area (TPSA) is 16.4 Å². The van der Waals surface area contributed by atoms with Gasteiger partial charge in [0, 0.05) is 22.1 Å². The fourth-order valence-corrected chi connectivity index (χ4v) is 5.44. The second-order valence-corrected chi connectivity index (χ2v) is 10.2. The number of benzene rings is 8. The average molecular weight is 608 g/mol. The highest BCUT2D eigenvalue weighted by Gasteiger charge is 2.20. The van der Waals surface area contributed by atoms with Gasteiger partial charge in [0.1, 0.15) is 11.2 Å². The number of anilines is 3. The van der Waals surface area contributed by atoms with E-state index in [2.05, 4.69) is 0 Å². The van der Waals surface area contributed by atoms with Crippen LogP contribution in [-0.4, -0.2) is 0 Å². The smallest absolute Gasteiger partial charge is 0.143 e. The van der Waals surface area contributed by atoms with Gasteiger partial charge < -0.3 is 9.32 Å². The second kappa shape index (κ2) is 10.8. The predicted molar refractivity (Wildman–Crippen MR) is 194 cm³/mol. The molecule has 0 spiro atoms. The van der Waals surface area contributed by atoms with Crippen LogP contribution in [0.3, 0.4) is 0 Å². The minimum absolute atomic E-state index is 0.0241. The van der Waals surface area contributed by atoms with Crippen molar-refractivity contribution in [1.29, 1.82) is 0 Å². The highest BCUT2D eigenvalue weighted by molar-refractivity contribution is 6.19. The summed E-state index contributed by atoms with van der Waals surface area (Å²) in [7, 11) is 0. The first-order valence-electron chi connectivity index (χ1n) is 24.1. The number of furan rings is 1. The molecule has 0 fully saturated rings. The lowest BCUT2D eigenvalue weighted by molar-refractivity contribution is 0.672. The molecule has 0 aliphatic heterocycles. The van der Waals surface area contributed by atoms with E-state index in [0.29, 0.717) is 16.4 Å². The molecule has 0 amide bonds. The normalized spacial score (nSPS) is 17.6. The van der Waals surface area contributed by atoms with Crippen LogP contribution < -0.4 is 4.90 Å². The summed E-state index contributed by atoms with van der Waals surface area (Å²) in [6.45, 7) is 0. The van der Waals surface area contributed by atoms with Crippen LogP contribution in [0.15, 0.2) is 180 Å². The van der Waals surface area contributed by atoms with Crippen molar-refractivity contribution in [2.45, 2.75) is 0 Å². The van der Waals surface area contributed by atoms with Crippen LogP contribution in [0.25, 0.3) is 65.7 Å². The van der Waals surface area contributed by atoms with Gasteiger partial charge in [0.15, 0.2) is 0 Å². The first-order valence-corrected chi connectivity index (χ1v) is 14.1. The molecule has 0 unspecified atom stereocenters. The maximum atomic E-state index is 9.57. The van der Waals surface area contributed by atoms with E-state index in [0.717, 1.165) is 10.3 Å². The Hall–Kier alpha value is -6.12. The first-order chi connectivity index (χ1) is 31.1. The third-order valence-corrected chi connectivity index (χ3v) is 7.53. The summed E-state index contributed by atoms with van der Waals surface area (Å²) >= 11 is 0. The van der Waals surface area contributed by atoms with Crippen LogP contribution in [-0.2, 0) is 0 Å². The Kier molecular flexibility index (Phi) is 3.07. The quantitative estimate of drug-likeness (QED) is 0.193. The maximum absolute atomic E-state index is 9.57. The van der Waals surface area contributed by atoms with E-state index in [4.69, 9.17) is 20.9 Å². The maximum Gasteiger partial charge on any atom is 0.143 e. The van der Waals surface area contributed by atoms with Crippen molar-refractivity contribution in [2.24, 2.45) is 0 Å². The van der Waals surface area contributed by atoms with E-state index in [-0.39, 0.29) is 16.7 Å². The molecular formula is C44H29NO. The molecule has 0 saturated carbocycles. The van der Waals surface area contributed by atoms with Crippen molar-refractivity contribution in [2.75, 3.05) is 4.90 Å². The fraction of sp³-hybridized carbons (Fsp3) is 0. The Morgan fingerprint density at radius 3 is 1.89 bits per heavy atom. The van der Waals surface area contributed by atoms with Gasteiger partial charge >= 0.3 is 0 Å². The third-order valence-electron chi connectivity index (χ3n) is 7.53. The number of hydrogen-bond acceptors (Lipinski definition) is 2. The van der Waals surface area contributed by atoms with Crippen molar-refractivity contribution in [1.82, 2.24) is 0 Å². The van der Waals surface area contributed by atoms with Crippen molar-refractivity contribution in [3.05, 3.63) is 175 Å². The lowest BCUT2D eigenvalue weighted by Crippen LogP contribution is -2.10. The minimum Gasteiger partial charge on any atom is -0.455 e. The van der Waals surface area contributed by atoms with Crippen LogP contribution in [0.5, 0.6) is 0 Å². The average Bonchev–Trinajstić information content (AvgIpc) is 3.70. The van der Waals surface area contributed by atoms with Crippen LogP contribution in [0, 0.1) is 0 Å². The van der Waals surface area contributed by atoms with Gasteiger partial charge in [0.2, 0.25) is 0 Å². The zero-order valence-electron chi connectivity index (χ0n) is 43.6. The van der Waals surface area contributed by atoms with Gasteiger partial charge in [-0.1, -0.05) is 127 Å². The van der Waals surface area contributed by atoms with Gasteiger partial charge in [0.05, 0.1) is 38.5 Å². The molecule has 8 aromatic carbocycles. The van der Waals surface area contributed by atoms with Crippen molar-refractivity contribution < 1.29 is 31.8 Å². The highest BCUT2D eigenvalue weighted by atomic mass is 16.3. The lowest BCUT2D eigenvalue weighted by Gasteiger charge is -2.26. The lowest BCUT2D eigenvalue weighted by atomic mass is 10.0. The Balaban J connectivity index is 1.42. The molecule has 9 aromatic rings. The van der Waals surface area contributed by atoms with Crippen LogP contribution in [0.2, 0.25) is 0 Å². The Morgan fingerprint density at radius 1 is 0.457 bits per heavy atom. The van der Waals surface area contributed by atoms with Crippen LogP contribution >= 0.6 is 0 Å². The number of nitrogens with zero attached hydrogens (tertiary/aromatic N) is 1. The SMILES string of the molecule is [2H]c1c([2H])c([2H])c(-c2c([2H])c([2H])c(N(c3c([2H])c([2H])c(-c4c([2H])c([2H])c5c([2H])c([2H])c([2H])c([2H])c5c4[2H])c([2H])c3[2H])c3cccc4oc5c6ccccc6ccc5c34)c([2H])c2[2H])c([2H])c1[2H]. The van der Waals surface area contributed by atoms with Crippen molar-refractivity contribution in [3.63, 3.8) is 0 Å². The molecule has 0 radical (unpaired) electrons. The summed E-state index contributed by atoms with van der Waals surface area (Å²) in [4.78, 5) is 0.986. The molecule has 0 aliphatic carbocycles. The summed E-state index contributed by atoms with van der Waals surface area (Å²) in [6.07, 6.45) is 0. The highest BCUT2D eigenvalue weighted by Crippen LogP contribution is 2.44. The summed E-state index contributed by atoms with van der Waals surface area (Å²) in [6, 6.07) is -0.839. The van der Waals surface area contributed by atoms with E-state index < -0.39 is 165 Å². The molecular weight excluding hydrogens is 558 g/mol. The number of fused-ring (bicyclic) bond motifs is 6. The van der Waals surface area contributed by atoms with E-state index >= 15 is 0 Å². The standard InChI is InChI=1S/C44H29NO/c1-2-9-30(10-3-1)32-19-24-37(25-20-32)45(38-26-21-33(22-27-38)36-18-17-31-11-4-5-13-35(31)29-36)41-15-8-16-42-43(41)40-28-23-34-12-6-7-14-39(34)44(40)46-42/h1-29H/i1D,2D,3D,4D,5D,9D,10D,11D,13D,17D,18D,19D,20D,21D,22D,24D,25D,26D,27D,29D. The third kappa shape index (κ3) is 4.43. The number of rotatable bonds is 5. The predicted octanol–water partition coefficient (Wildman–Crippen LogP) is 12.7. The van der Waals surface area contributed by atoms with Crippen molar-refractivity contribution >= 4 is 60.5 Å². The van der Waals surface area contributed by atoms with Crippen molar-refractivity contribution in [3.8, 4) is 22.3 Å². The molecule has 9 rings (SSSR count). The summed E-state index contributed by atoms with van der Waals surface area (Å²) < 4.78 is 184. The molecule has 46 heavy (non-hydrogen) atoms. The van der Waals surface area contributed by atoms with Gasteiger partial charge in [-0.2, -0.15) is 0 Å². The molecule has 0 N–H and O–H groups in total. The van der Waals surface area contributed by atoms with E-state index in [1.807, 2.05) is 24.3 Å².